The fourth-order valence-corrected chi connectivity index (χ4v) is 2.43. The molecule has 2 fully saturated rings. The Morgan fingerprint density at radius 1 is 1.44 bits per heavy atom. The van der Waals surface area contributed by atoms with Crippen LogP contribution in [0.4, 0.5) is 0 Å². The molecule has 1 aromatic rings. The van der Waals surface area contributed by atoms with Crippen LogP contribution in [-0.4, -0.2) is 39.2 Å². The Morgan fingerprint density at radius 3 is 3.00 bits per heavy atom. The van der Waals surface area contributed by atoms with E-state index < -0.39 is 5.97 Å². The topological polar surface area (TPSA) is 79.5 Å². The molecular formula is C12H17N3O3. The molecule has 6 nitrogen and oxygen atoms in total. The van der Waals surface area contributed by atoms with Crippen LogP contribution in [0.3, 0.4) is 0 Å². The van der Waals surface area contributed by atoms with Gasteiger partial charge in [-0.1, -0.05) is 5.16 Å². The van der Waals surface area contributed by atoms with Crippen molar-refractivity contribution in [3.05, 3.63) is 11.7 Å². The summed E-state index contributed by atoms with van der Waals surface area (Å²) in [6.07, 6.45) is 3.98. The van der Waals surface area contributed by atoms with Gasteiger partial charge in [0.1, 0.15) is 0 Å². The first-order valence-electron chi connectivity index (χ1n) is 6.50. The van der Waals surface area contributed by atoms with E-state index in [1.807, 2.05) is 0 Å². The summed E-state index contributed by atoms with van der Waals surface area (Å²) in [5.41, 5.74) is 0. The van der Waals surface area contributed by atoms with Gasteiger partial charge in [-0.25, -0.2) is 0 Å². The quantitative estimate of drug-likeness (QED) is 0.867. The first kappa shape index (κ1) is 11.6. The van der Waals surface area contributed by atoms with Crippen LogP contribution >= 0.6 is 0 Å². The average molecular weight is 251 g/mol. The van der Waals surface area contributed by atoms with E-state index in [0.717, 1.165) is 38.1 Å². The minimum absolute atomic E-state index is 0.256. The summed E-state index contributed by atoms with van der Waals surface area (Å²) in [4.78, 5) is 17.4. The zero-order chi connectivity index (χ0) is 12.5. The van der Waals surface area contributed by atoms with Crippen molar-refractivity contribution in [3.63, 3.8) is 0 Å². The predicted octanol–water partition coefficient (Wildman–Crippen LogP) is 1.24. The number of hydrogen-bond donors (Lipinski definition) is 1. The summed E-state index contributed by atoms with van der Waals surface area (Å²) in [6.45, 7) is 2.10. The van der Waals surface area contributed by atoms with Gasteiger partial charge in [0.25, 0.3) is 0 Å². The second-order valence-electron chi connectivity index (χ2n) is 5.24. The maximum absolute atomic E-state index is 11.0. The highest BCUT2D eigenvalue weighted by Gasteiger charge is 2.30. The third-order valence-corrected chi connectivity index (χ3v) is 3.63. The number of carboxylic acids is 1. The highest BCUT2D eigenvalue weighted by atomic mass is 16.5. The van der Waals surface area contributed by atoms with E-state index in [0.29, 0.717) is 24.8 Å². The van der Waals surface area contributed by atoms with Crippen molar-refractivity contribution in [3.8, 4) is 0 Å². The summed E-state index contributed by atoms with van der Waals surface area (Å²) in [5, 5.41) is 13.0. The molecular weight excluding hydrogens is 234 g/mol. The maximum Gasteiger partial charge on any atom is 0.307 e. The molecule has 0 spiro atoms. The van der Waals surface area contributed by atoms with E-state index in [9.17, 15) is 4.79 Å². The molecule has 1 aliphatic carbocycles. The van der Waals surface area contributed by atoms with Gasteiger partial charge in [0.05, 0.1) is 12.5 Å². The normalized spacial score (nSPS) is 25.2. The molecule has 1 aliphatic heterocycles. The number of aromatic nitrogens is 2. The number of rotatable bonds is 4. The van der Waals surface area contributed by atoms with E-state index in [4.69, 9.17) is 9.63 Å². The second-order valence-corrected chi connectivity index (χ2v) is 5.24. The molecule has 18 heavy (non-hydrogen) atoms. The Bertz CT molecular complexity index is 442. The first-order valence-corrected chi connectivity index (χ1v) is 6.50. The molecule has 0 amide bonds. The Kier molecular flexibility index (Phi) is 3.03. The van der Waals surface area contributed by atoms with E-state index in [1.165, 1.54) is 0 Å². The molecule has 0 aromatic carbocycles. The number of hydrogen-bond acceptors (Lipinski definition) is 5. The lowest BCUT2D eigenvalue weighted by atomic mass is 9.98. The molecule has 1 unspecified atom stereocenters. The van der Waals surface area contributed by atoms with Crippen LogP contribution in [0.1, 0.15) is 43.3 Å². The van der Waals surface area contributed by atoms with E-state index in [1.54, 1.807) is 0 Å². The van der Waals surface area contributed by atoms with Crippen LogP contribution in [0.15, 0.2) is 4.52 Å². The number of likely N-dealkylation sites (tertiary alicyclic amines) is 1. The van der Waals surface area contributed by atoms with Crippen LogP contribution in [-0.2, 0) is 11.3 Å². The van der Waals surface area contributed by atoms with Gasteiger partial charge >= 0.3 is 5.97 Å². The summed E-state index contributed by atoms with van der Waals surface area (Å²) in [6, 6.07) is 0. The summed E-state index contributed by atoms with van der Waals surface area (Å²) < 4.78 is 5.20. The Hall–Kier alpha value is -1.43. The minimum Gasteiger partial charge on any atom is -0.481 e. The third-order valence-electron chi connectivity index (χ3n) is 3.63. The van der Waals surface area contributed by atoms with Crippen molar-refractivity contribution in [2.45, 2.75) is 38.1 Å². The van der Waals surface area contributed by atoms with Crippen molar-refractivity contribution >= 4 is 5.97 Å². The van der Waals surface area contributed by atoms with Gasteiger partial charge in [-0.2, -0.15) is 4.98 Å². The average Bonchev–Trinajstić information content (AvgIpc) is 3.11. The van der Waals surface area contributed by atoms with Crippen LogP contribution in [0.2, 0.25) is 0 Å². The summed E-state index contributed by atoms with van der Waals surface area (Å²) in [5.74, 6) is 0.944. The lowest BCUT2D eigenvalue weighted by molar-refractivity contribution is -0.143. The lowest BCUT2D eigenvalue weighted by Crippen LogP contribution is -2.38. The summed E-state index contributed by atoms with van der Waals surface area (Å²) >= 11 is 0. The molecule has 1 atom stereocenters. The smallest absolute Gasteiger partial charge is 0.307 e. The Morgan fingerprint density at radius 2 is 2.28 bits per heavy atom. The highest BCUT2D eigenvalue weighted by Crippen LogP contribution is 2.38. The maximum atomic E-state index is 11.0. The van der Waals surface area contributed by atoms with Crippen molar-refractivity contribution in [2.24, 2.45) is 5.92 Å². The zero-order valence-electron chi connectivity index (χ0n) is 10.2. The molecule has 1 aromatic heterocycles. The number of aliphatic carboxylic acids is 1. The van der Waals surface area contributed by atoms with Gasteiger partial charge in [0.15, 0.2) is 5.82 Å². The standard InChI is InChI=1S/C12H17N3O3/c16-12(17)9-2-1-5-15(6-9)7-10-13-11(18-14-10)8-3-4-8/h8-9H,1-7H2,(H,16,17). The van der Waals surface area contributed by atoms with Crippen molar-refractivity contribution in [2.75, 3.05) is 13.1 Å². The molecule has 1 saturated heterocycles. The van der Waals surface area contributed by atoms with Crippen LogP contribution in [0.25, 0.3) is 0 Å². The number of piperidine rings is 1. The molecule has 6 heteroatoms. The largest absolute Gasteiger partial charge is 0.481 e. The fraction of sp³-hybridized carbons (Fsp3) is 0.750. The van der Waals surface area contributed by atoms with Crippen LogP contribution in [0.5, 0.6) is 0 Å². The lowest BCUT2D eigenvalue weighted by Gasteiger charge is -2.29. The van der Waals surface area contributed by atoms with Gasteiger partial charge in [0.2, 0.25) is 5.89 Å². The second kappa shape index (κ2) is 4.68. The van der Waals surface area contributed by atoms with Crippen LogP contribution in [0, 0.1) is 5.92 Å². The fourth-order valence-electron chi connectivity index (χ4n) is 2.43. The van der Waals surface area contributed by atoms with Gasteiger partial charge < -0.3 is 9.63 Å². The molecule has 98 valence electrons. The number of nitrogens with zero attached hydrogens (tertiary/aromatic N) is 3. The Balaban J connectivity index is 1.59. The highest BCUT2D eigenvalue weighted by molar-refractivity contribution is 5.70. The third kappa shape index (κ3) is 2.53. The predicted molar refractivity (Wildman–Crippen MR) is 61.9 cm³/mol. The minimum atomic E-state index is -0.702. The molecule has 0 bridgehead atoms. The van der Waals surface area contributed by atoms with Crippen LogP contribution < -0.4 is 0 Å². The summed E-state index contributed by atoms with van der Waals surface area (Å²) in [7, 11) is 0. The van der Waals surface area contributed by atoms with E-state index in [2.05, 4.69) is 15.0 Å². The van der Waals surface area contributed by atoms with Crippen molar-refractivity contribution < 1.29 is 14.4 Å². The number of carbonyl (C=O) groups is 1. The van der Waals surface area contributed by atoms with Crippen molar-refractivity contribution in [1.29, 1.82) is 0 Å². The molecule has 2 aliphatic rings. The first-order chi connectivity index (χ1) is 8.72. The molecule has 2 heterocycles. The van der Waals surface area contributed by atoms with Gasteiger partial charge in [-0.05, 0) is 32.2 Å². The Labute approximate surface area is 105 Å². The molecule has 1 N–H and O–H groups in total. The number of carboxylic acid groups (broad SMARTS) is 1. The molecule has 3 rings (SSSR count). The monoisotopic (exact) mass is 251 g/mol. The van der Waals surface area contributed by atoms with Crippen molar-refractivity contribution in [1.82, 2.24) is 15.0 Å². The zero-order valence-corrected chi connectivity index (χ0v) is 10.2. The van der Waals surface area contributed by atoms with Gasteiger partial charge in [0, 0.05) is 12.5 Å². The van der Waals surface area contributed by atoms with Gasteiger partial charge in [-0.15, -0.1) is 0 Å². The van der Waals surface area contributed by atoms with E-state index in [-0.39, 0.29) is 5.92 Å². The molecule has 0 radical (unpaired) electrons. The SMILES string of the molecule is O=C(O)C1CCCN(Cc2noc(C3CC3)n2)C1. The van der Waals surface area contributed by atoms with E-state index >= 15 is 0 Å². The molecule has 1 saturated carbocycles. The van der Waals surface area contributed by atoms with Gasteiger partial charge in [-0.3, -0.25) is 9.69 Å².